The van der Waals surface area contributed by atoms with E-state index in [9.17, 15) is 18.0 Å². The van der Waals surface area contributed by atoms with Gasteiger partial charge in [0, 0.05) is 43.2 Å². The first kappa shape index (κ1) is 35.1. The average Bonchev–Trinajstić information content (AvgIpc) is 3.16. The Morgan fingerprint density at radius 3 is 2.74 bits per heavy atom. The van der Waals surface area contributed by atoms with Gasteiger partial charge in [0.2, 0.25) is 10.0 Å². The van der Waals surface area contributed by atoms with Crippen molar-refractivity contribution in [1.29, 1.82) is 0 Å². The lowest BCUT2D eigenvalue weighted by atomic mass is 9.69. The van der Waals surface area contributed by atoms with Gasteiger partial charge in [-0.3, -0.25) is 9.59 Å². The number of fused-ring (bicyclic) bond motifs is 4. The smallest absolute Gasteiger partial charge is 0.283 e. The number of pyridine rings is 1. The minimum absolute atomic E-state index is 0.000860. The second-order valence-corrected chi connectivity index (χ2v) is 15.2. The topological polar surface area (TPSA) is 115 Å². The number of aromatic nitrogens is 1. The van der Waals surface area contributed by atoms with Gasteiger partial charge in [-0.2, -0.15) is 0 Å². The van der Waals surface area contributed by atoms with E-state index in [1.165, 1.54) is 24.3 Å². The molecule has 1 fully saturated rings. The van der Waals surface area contributed by atoms with Gasteiger partial charge < -0.3 is 14.4 Å². The highest BCUT2D eigenvalue weighted by molar-refractivity contribution is 14.1. The van der Waals surface area contributed by atoms with Gasteiger partial charge in [-0.25, -0.2) is 18.1 Å². The summed E-state index contributed by atoms with van der Waals surface area (Å²) in [4.78, 5) is 35.7. The van der Waals surface area contributed by atoms with Gasteiger partial charge in [-0.05, 0) is 103 Å². The highest BCUT2D eigenvalue weighted by atomic mass is 127. The summed E-state index contributed by atoms with van der Waals surface area (Å²) in [5.41, 5.74) is 2.08. The number of hydrogen-bond acceptors (Lipinski definition) is 8. The molecule has 1 saturated carbocycles. The fourth-order valence-electron chi connectivity index (χ4n) is 7.46. The number of halogens is 2. The Morgan fingerprint density at radius 1 is 1.20 bits per heavy atom. The Bertz CT molecular complexity index is 1590. The molecule has 2 bridgehead atoms. The van der Waals surface area contributed by atoms with Crippen LogP contribution in [-0.4, -0.2) is 68.7 Å². The number of aryl methyl sites for hydroxylation is 1. The molecule has 1 amide bonds. The van der Waals surface area contributed by atoms with E-state index < -0.39 is 21.2 Å². The maximum absolute atomic E-state index is 13.5. The number of sulfonamides is 1. The van der Waals surface area contributed by atoms with Gasteiger partial charge in [-0.1, -0.05) is 53.3 Å². The van der Waals surface area contributed by atoms with Crippen molar-refractivity contribution in [2.24, 2.45) is 17.8 Å². The summed E-state index contributed by atoms with van der Waals surface area (Å²) < 4.78 is 41.0. The molecule has 0 unspecified atom stereocenters. The second-order valence-electron chi connectivity index (χ2n) is 12.9. The number of anilines is 1. The van der Waals surface area contributed by atoms with Crippen LogP contribution in [0.5, 0.6) is 5.75 Å². The lowest BCUT2D eigenvalue weighted by Gasteiger charge is -2.43. The molecule has 2 aromatic rings. The first-order valence-corrected chi connectivity index (χ1v) is 20.0. The van der Waals surface area contributed by atoms with E-state index in [1.807, 2.05) is 24.0 Å². The van der Waals surface area contributed by atoms with E-state index in [2.05, 4.69) is 38.3 Å². The fraction of sp³-hybridized carbons (Fsp3) is 0.559. The van der Waals surface area contributed by atoms with E-state index in [0.29, 0.717) is 42.7 Å². The third-order valence-corrected chi connectivity index (χ3v) is 12.2. The molecule has 0 saturated heterocycles. The van der Waals surface area contributed by atoms with Crippen LogP contribution < -0.4 is 14.4 Å². The lowest BCUT2D eigenvalue weighted by molar-refractivity contribution is -0.122. The molecule has 3 heterocycles. The summed E-state index contributed by atoms with van der Waals surface area (Å²) >= 11 is 8.53. The first-order valence-electron chi connectivity index (χ1n) is 15.9. The molecule has 9 nitrogen and oxygen atoms in total. The highest BCUT2D eigenvalue weighted by Gasteiger charge is 2.45. The third-order valence-electron chi connectivity index (χ3n) is 10.0. The number of ketones is 1. The predicted molar refractivity (Wildman–Crippen MR) is 189 cm³/mol. The second kappa shape index (κ2) is 14.9. The molecule has 6 rings (SSSR count). The number of nitrogens with one attached hydrogen (secondary N) is 1. The number of ether oxygens (including phenoxy) is 2. The van der Waals surface area contributed by atoms with E-state index in [4.69, 9.17) is 26.1 Å². The van der Waals surface area contributed by atoms with Crippen molar-refractivity contribution in [3.8, 4) is 5.75 Å². The summed E-state index contributed by atoms with van der Waals surface area (Å²) in [6.45, 7) is 3.64. The standard InChI is InChI=1S/C33H40ClN3O6S.CH3I/c1-21-5-3-7-28(38)25-10-8-23(25)18-37-19-33(15-4-6-22-17-24(34)9-11-26(22)33)20-43-29-13-12-27(35-31(29)37)32(39)36-44(40,41)30(21)14-16-42-2;1-2/h3,7,9,11-13,17,21,23,25,30H,4-6,8,10,14-16,18-20H2,1-2H3,(H,36,39);1H3/b7-3+;/t21-,23-,25+,30+,33-;/m0./s1. The minimum Gasteiger partial charge on any atom is -0.489 e. The quantitative estimate of drug-likeness (QED) is 0.302. The Hall–Kier alpha value is -2.22. The summed E-state index contributed by atoms with van der Waals surface area (Å²) in [5.74, 6) is -0.00478. The number of benzene rings is 1. The largest absolute Gasteiger partial charge is 0.489 e. The van der Waals surface area contributed by atoms with Gasteiger partial charge in [0.25, 0.3) is 5.91 Å². The number of methoxy groups -OCH3 is 1. The molecule has 2 aliphatic heterocycles. The molecule has 1 aromatic heterocycles. The van der Waals surface area contributed by atoms with E-state index in [0.717, 1.165) is 32.1 Å². The highest BCUT2D eigenvalue weighted by Crippen LogP contribution is 2.45. The Kier molecular flexibility index (Phi) is 11.4. The van der Waals surface area contributed by atoms with Crippen molar-refractivity contribution < 1.29 is 27.5 Å². The number of carbonyl (C=O) groups is 2. The van der Waals surface area contributed by atoms with Crippen LogP contribution in [0, 0.1) is 17.8 Å². The molecular formula is C34H43ClIN3O6S. The zero-order valence-corrected chi connectivity index (χ0v) is 30.4. The SMILES string of the molecule is CI.COCC[C@@H]1[C@@H](C)C/C=C/C(=O)[C@@H]2CC[C@H]2CN2C[C@@]3(CCCc4cc(Cl)ccc43)COc3ccc(nc32)C(=O)NS1(=O)=O. The number of rotatable bonds is 3. The molecular weight excluding hydrogens is 741 g/mol. The van der Waals surface area contributed by atoms with Gasteiger partial charge in [0.05, 0.1) is 11.9 Å². The zero-order chi connectivity index (χ0) is 33.1. The normalized spacial score (nSPS) is 29.5. The maximum Gasteiger partial charge on any atom is 0.283 e. The number of alkyl halides is 1. The van der Waals surface area contributed by atoms with Crippen LogP contribution in [0.15, 0.2) is 42.5 Å². The van der Waals surface area contributed by atoms with Crippen molar-refractivity contribution in [3.05, 3.63) is 64.3 Å². The van der Waals surface area contributed by atoms with Crippen LogP contribution in [0.25, 0.3) is 0 Å². The van der Waals surface area contributed by atoms with Gasteiger partial charge in [0.1, 0.15) is 5.69 Å². The maximum atomic E-state index is 13.5. The monoisotopic (exact) mass is 783 g/mol. The van der Waals surface area contributed by atoms with Crippen molar-refractivity contribution in [2.45, 2.75) is 62.5 Å². The van der Waals surface area contributed by atoms with Crippen LogP contribution in [0.4, 0.5) is 5.82 Å². The van der Waals surface area contributed by atoms with Crippen LogP contribution in [0.1, 0.15) is 67.1 Å². The van der Waals surface area contributed by atoms with E-state index >= 15 is 0 Å². The van der Waals surface area contributed by atoms with Gasteiger partial charge in [0.15, 0.2) is 17.4 Å². The predicted octanol–water partition coefficient (Wildman–Crippen LogP) is 5.92. The molecule has 250 valence electrons. The van der Waals surface area contributed by atoms with Crippen LogP contribution in [-0.2, 0) is 31.4 Å². The van der Waals surface area contributed by atoms with Crippen LogP contribution >= 0.6 is 34.2 Å². The van der Waals surface area contributed by atoms with E-state index in [-0.39, 0.29) is 47.7 Å². The molecule has 46 heavy (non-hydrogen) atoms. The molecule has 12 heteroatoms. The number of hydrogen-bond donors (Lipinski definition) is 1. The summed E-state index contributed by atoms with van der Waals surface area (Å²) in [6, 6.07) is 9.30. The third kappa shape index (κ3) is 7.27. The Balaban J connectivity index is 0.00000204. The van der Waals surface area contributed by atoms with Gasteiger partial charge >= 0.3 is 0 Å². The molecule has 5 atom stereocenters. The zero-order valence-electron chi connectivity index (χ0n) is 26.6. The summed E-state index contributed by atoms with van der Waals surface area (Å²) in [7, 11) is -2.58. The van der Waals surface area contributed by atoms with E-state index in [1.54, 1.807) is 18.2 Å². The molecule has 4 aliphatic rings. The number of nitrogens with zero attached hydrogens (tertiary/aromatic N) is 2. The lowest BCUT2D eigenvalue weighted by Crippen LogP contribution is -2.49. The molecule has 0 radical (unpaired) electrons. The molecule has 1 aromatic carbocycles. The van der Waals surface area contributed by atoms with Crippen molar-refractivity contribution in [1.82, 2.24) is 9.71 Å². The van der Waals surface area contributed by atoms with Gasteiger partial charge in [-0.15, -0.1) is 0 Å². The first-order chi connectivity index (χ1) is 22.1. The molecule has 1 N–H and O–H groups in total. The van der Waals surface area contributed by atoms with Crippen LogP contribution in [0.2, 0.25) is 5.02 Å². The van der Waals surface area contributed by atoms with Crippen LogP contribution in [0.3, 0.4) is 0 Å². The Morgan fingerprint density at radius 2 is 2.00 bits per heavy atom. The Labute approximate surface area is 291 Å². The minimum atomic E-state index is -4.09. The number of carbonyl (C=O) groups excluding carboxylic acids is 2. The van der Waals surface area contributed by atoms with Crippen molar-refractivity contribution in [2.75, 3.05) is 43.2 Å². The molecule has 1 spiro atoms. The summed E-state index contributed by atoms with van der Waals surface area (Å²) in [6.07, 6.45) is 8.57. The fourth-order valence-corrected chi connectivity index (χ4v) is 9.30. The average molecular weight is 784 g/mol. The number of allylic oxidation sites excluding steroid dienone is 2. The van der Waals surface area contributed by atoms with Crippen molar-refractivity contribution >= 4 is 61.7 Å². The number of amides is 1. The van der Waals surface area contributed by atoms with Crippen molar-refractivity contribution in [3.63, 3.8) is 0 Å². The molecule has 2 aliphatic carbocycles. The summed E-state index contributed by atoms with van der Waals surface area (Å²) in [5, 5.41) is -0.186.